The second-order valence-electron chi connectivity index (χ2n) is 6.60. The van der Waals surface area contributed by atoms with E-state index in [9.17, 15) is 19.2 Å². The van der Waals surface area contributed by atoms with Crippen molar-refractivity contribution >= 4 is 23.5 Å². The van der Waals surface area contributed by atoms with Gasteiger partial charge in [-0.05, 0) is 11.1 Å². The van der Waals surface area contributed by atoms with Crippen LogP contribution < -0.4 is 0 Å². The molecule has 0 saturated carbocycles. The van der Waals surface area contributed by atoms with Gasteiger partial charge in [0.1, 0.15) is 11.8 Å². The summed E-state index contributed by atoms with van der Waals surface area (Å²) in [4.78, 5) is 51.8. The molecule has 2 aliphatic carbocycles. The molecule has 136 valence electrons. The quantitative estimate of drug-likeness (QED) is 0.598. The van der Waals surface area contributed by atoms with E-state index in [0.29, 0.717) is 22.3 Å². The van der Waals surface area contributed by atoms with E-state index in [1.807, 2.05) is 0 Å². The summed E-state index contributed by atoms with van der Waals surface area (Å²) < 4.78 is 9.82. The van der Waals surface area contributed by atoms with Crippen LogP contribution in [0.15, 0.2) is 48.5 Å². The molecule has 0 heterocycles. The summed E-state index contributed by atoms with van der Waals surface area (Å²) in [7, 11) is 2.37. The van der Waals surface area contributed by atoms with Gasteiger partial charge in [-0.25, -0.2) is 0 Å². The molecule has 4 rings (SSSR count). The standard InChI is InChI=1S/C21H16O6/c1-26-19(24)15-17(22)11-7-3-5-9-13(11)21(15)14-10-6-4-8-12(14)18(23)16(21)20(25)27-2/h3-10,15-16H,1-2H3. The number of esters is 2. The topological polar surface area (TPSA) is 86.7 Å². The maximum atomic E-state index is 13.2. The van der Waals surface area contributed by atoms with Crippen LogP contribution in [-0.2, 0) is 24.5 Å². The molecule has 0 radical (unpaired) electrons. The Bertz CT molecular complexity index is 924. The number of carbonyl (C=O) groups excluding carboxylic acids is 4. The van der Waals surface area contributed by atoms with Crippen LogP contribution in [-0.4, -0.2) is 37.7 Å². The Balaban J connectivity index is 2.15. The van der Waals surface area contributed by atoms with Gasteiger partial charge in [0.25, 0.3) is 0 Å². The molecule has 0 fully saturated rings. The highest BCUT2D eigenvalue weighted by Gasteiger charge is 2.68. The fourth-order valence-electron chi connectivity index (χ4n) is 4.60. The number of ketones is 2. The Hall–Kier alpha value is -3.28. The highest BCUT2D eigenvalue weighted by molar-refractivity contribution is 6.22. The zero-order chi connectivity index (χ0) is 19.3. The van der Waals surface area contributed by atoms with Gasteiger partial charge in [-0.15, -0.1) is 0 Å². The zero-order valence-corrected chi connectivity index (χ0v) is 14.7. The van der Waals surface area contributed by atoms with Crippen molar-refractivity contribution in [2.75, 3.05) is 14.2 Å². The van der Waals surface area contributed by atoms with Crippen LogP contribution >= 0.6 is 0 Å². The Kier molecular flexibility index (Phi) is 3.73. The number of hydrogen-bond acceptors (Lipinski definition) is 6. The van der Waals surface area contributed by atoms with Crippen molar-refractivity contribution in [3.63, 3.8) is 0 Å². The lowest BCUT2D eigenvalue weighted by Crippen LogP contribution is -2.48. The molecular formula is C21H16O6. The average molecular weight is 364 g/mol. The van der Waals surface area contributed by atoms with E-state index in [-0.39, 0.29) is 0 Å². The summed E-state index contributed by atoms with van der Waals surface area (Å²) >= 11 is 0. The number of methoxy groups -OCH3 is 2. The van der Waals surface area contributed by atoms with Gasteiger partial charge in [-0.2, -0.15) is 0 Å². The SMILES string of the molecule is COC(=O)C1C(=O)c2ccccc2C12c1ccccc1C(=O)C2C(=O)OC. The molecule has 0 N–H and O–H groups in total. The van der Waals surface area contributed by atoms with Crippen LogP contribution in [0, 0.1) is 11.8 Å². The normalized spacial score (nSPS) is 25.3. The van der Waals surface area contributed by atoms with Crippen LogP contribution in [0.4, 0.5) is 0 Å². The third kappa shape index (κ3) is 1.95. The molecule has 0 saturated heterocycles. The third-order valence-corrected chi connectivity index (χ3v) is 5.59. The van der Waals surface area contributed by atoms with E-state index in [2.05, 4.69) is 0 Å². The number of ether oxygens (including phenoxy) is 2. The monoisotopic (exact) mass is 364 g/mol. The predicted molar refractivity (Wildman–Crippen MR) is 93.3 cm³/mol. The minimum atomic E-state index is -1.47. The molecule has 0 aliphatic heterocycles. The Morgan fingerprint density at radius 3 is 1.48 bits per heavy atom. The number of benzene rings is 2. The largest absolute Gasteiger partial charge is 0.468 e. The van der Waals surface area contributed by atoms with Gasteiger partial charge < -0.3 is 9.47 Å². The fourth-order valence-corrected chi connectivity index (χ4v) is 4.60. The van der Waals surface area contributed by atoms with E-state index < -0.39 is 40.8 Å². The van der Waals surface area contributed by atoms with Crippen molar-refractivity contribution in [1.82, 2.24) is 0 Å². The number of hydrogen-bond donors (Lipinski definition) is 0. The molecule has 2 aliphatic rings. The van der Waals surface area contributed by atoms with Crippen molar-refractivity contribution in [2.24, 2.45) is 11.8 Å². The summed E-state index contributed by atoms with van der Waals surface area (Å²) in [5.74, 6) is -5.16. The molecule has 2 aromatic rings. The molecule has 2 atom stereocenters. The second kappa shape index (κ2) is 5.87. The van der Waals surface area contributed by atoms with Crippen LogP contribution in [0.25, 0.3) is 0 Å². The Labute approximate surface area is 155 Å². The van der Waals surface area contributed by atoms with E-state index in [1.165, 1.54) is 14.2 Å². The van der Waals surface area contributed by atoms with Crippen LogP contribution in [0.1, 0.15) is 31.8 Å². The fraction of sp³-hybridized carbons (Fsp3) is 0.238. The van der Waals surface area contributed by atoms with Gasteiger partial charge in [0, 0.05) is 11.1 Å². The summed E-state index contributed by atoms with van der Waals surface area (Å²) in [6, 6.07) is 13.4. The highest BCUT2D eigenvalue weighted by atomic mass is 16.5. The number of rotatable bonds is 2. The summed E-state index contributed by atoms with van der Waals surface area (Å²) in [5.41, 5.74) is 0.0949. The number of Topliss-reactive ketones (excluding diaryl/α,β-unsaturated/α-hetero) is 2. The minimum Gasteiger partial charge on any atom is -0.468 e. The van der Waals surface area contributed by atoms with Gasteiger partial charge >= 0.3 is 11.9 Å². The van der Waals surface area contributed by atoms with Gasteiger partial charge in [-0.3, -0.25) is 19.2 Å². The van der Waals surface area contributed by atoms with Gasteiger partial charge in [-0.1, -0.05) is 48.5 Å². The first-order valence-corrected chi connectivity index (χ1v) is 8.43. The average Bonchev–Trinajstić information content (AvgIpc) is 3.11. The molecular weight excluding hydrogens is 348 g/mol. The van der Waals surface area contributed by atoms with E-state index >= 15 is 0 Å². The van der Waals surface area contributed by atoms with Crippen molar-refractivity contribution < 1.29 is 28.7 Å². The van der Waals surface area contributed by atoms with Crippen molar-refractivity contribution in [1.29, 1.82) is 0 Å². The van der Waals surface area contributed by atoms with Crippen LogP contribution in [0.2, 0.25) is 0 Å². The molecule has 6 heteroatoms. The molecule has 2 aromatic carbocycles. The molecule has 0 bridgehead atoms. The molecule has 27 heavy (non-hydrogen) atoms. The lowest BCUT2D eigenvalue weighted by atomic mass is 9.64. The summed E-state index contributed by atoms with van der Waals surface area (Å²) in [6.45, 7) is 0. The lowest BCUT2D eigenvalue weighted by Gasteiger charge is -2.34. The molecule has 2 unspecified atom stereocenters. The Morgan fingerprint density at radius 2 is 1.11 bits per heavy atom. The summed E-state index contributed by atoms with van der Waals surface area (Å²) in [5, 5.41) is 0. The smallest absolute Gasteiger partial charge is 0.317 e. The molecule has 0 amide bonds. The molecule has 1 spiro atoms. The molecule has 0 aromatic heterocycles. The van der Waals surface area contributed by atoms with Gasteiger partial charge in [0.05, 0.1) is 19.6 Å². The first-order chi connectivity index (χ1) is 13.0. The minimum absolute atomic E-state index is 0.311. The predicted octanol–water partition coefficient (Wildman–Crippen LogP) is 1.94. The number of carbonyl (C=O) groups is 4. The van der Waals surface area contributed by atoms with Gasteiger partial charge in [0.15, 0.2) is 11.6 Å². The first-order valence-electron chi connectivity index (χ1n) is 8.43. The second-order valence-corrected chi connectivity index (χ2v) is 6.60. The third-order valence-electron chi connectivity index (χ3n) is 5.59. The summed E-state index contributed by atoms with van der Waals surface area (Å²) in [6.07, 6.45) is 0. The van der Waals surface area contributed by atoms with E-state index in [1.54, 1.807) is 48.5 Å². The van der Waals surface area contributed by atoms with E-state index in [4.69, 9.17) is 9.47 Å². The zero-order valence-electron chi connectivity index (χ0n) is 14.7. The van der Waals surface area contributed by atoms with Crippen LogP contribution in [0.5, 0.6) is 0 Å². The van der Waals surface area contributed by atoms with Crippen molar-refractivity contribution in [3.8, 4) is 0 Å². The Morgan fingerprint density at radius 1 is 0.741 bits per heavy atom. The van der Waals surface area contributed by atoms with Gasteiger partial charge in [0.2, 0.25) is 0 Å². The number of fused-ring (bicyclic) bond motifs is 4. The maximum Gasteiger partial charge on any atom is 0.317 e. The lowest BCUT2D eigenvalue weighted by molar-refractivity contribution is -0.149. The van der Waals surface area contributed by atoms with Crippen LogP contribution in [0.3, 0.4) is 0 Å². The van der Waals surface area contributed by atoms with Crippen molar-refractivity contribution in [2.45, 2.75) is 5.41 Å². The van der Waals surface area contributed by atoms with E-state index in [0.717, 1.165) is 0 Å². The highest BCUT2D eigenvalue weighted by Crippen LogP contribution is 2.58. The first kappa shape index (κ1) is 17.1. The maximum absolute atomic E-state index is 13.2. The van der Waals surface area contributed by atoms with Crippen molar-refractivity contribution in [3.05, 3.63) is 70.8 Å². The molecule has 6 nitrogen and oxygen atoms in total.